The Balaban J connectivity index is 1.61. The fraction of sp³-hybridized carbons (Fsp3) is 0.811. The maximum absolute atomic E-state index is 13.8. The molecule has 3 aliphatic carbocycles. The summed E-state index contributed by atoms with van der Waals surface area (Å²) in [5, 5.41) is 51.2. The van der Waals surface area contributed by atoms with E-state index in [1.54, 1.807) is 27.7 Å². The van der Waals surface area contributed by atoms with Gasteiger partial charge in [0.1, 0.15) is 23.4 Å². The molecule has 5 unspecified atom stereocenters. The van der Waals surface area contributed by atoms with Crippen molar-refractivity contribution in [1.29, 1.82) is 0 Å². The van der Waals surface area contributed by atoms with Crippen molar-refractivity contribution in [1.82, 2.24) is 5.32 Å². The summed E-state index contributed by atoms with van der Waals surface area (Å²) in [7, 11) is 0. The van der Waals surface area contributed by atoms with Crippen LogP contribution >= 0.6 is 0 Å². The quantitative estimate of drug-likeness (QED) is 0.132. The van der Waals surface area contributed by atoms with E-state index in [2.05, 4.69) is 11.9 Å². The minimum Gasteiger partial charge on any atom is -0.456 e. The Morgan fingerprint density at radius 2 is 1.76 bits per heavy atom. The second-order valence-corrected chi connectivity index (χ2v) is 17.2. The molecule has 14 heteroatoms. The van der Waals surface area contributed by atoms with Gasteiger partial charge in [0, 0.05) is 31.1 Å². The molecule has 0 aromatic rings. The molecule has 0 aromatic heterocycles. The highest BCUT2D eigenvalue weighted by molar-refractivity contribution is 5.77. The van der Waals surface area contributed by atoms with E-state index in [0.717, 1.165) is 0 Å². The zero-order chi connectivity index (χ0) is 38.2. The summed E-state index contributed by atoms with van der Waals surface area (Å²) < 4.78 is 36.1. The second-order valence-electron chi connectivity index (χ2n) is 17.2. The van der Waals surface area contributed by atoms with Gasteiger partial charge in [0.25, 0.3) is 0 Å². The molecule has 2 heterocycles. The number of aliphatic hydroxyl groups excluding tert-OH is 2. The fourth-order valence-corrected chi connectivity index (χ4v) is 9.54. The van der Waals surface area contributed by atoms with Crippen LogP contribution in [0.1, 0.15) is 88.5 Å². The number of carbonyl (C=O) groups is 3. The highest BCUT2D eigenvalue weighted by atomic mass is 16.7. The molecule has 288 valence electrons. The number of fused-ring (bicyclic) bond motifs is 3. The van der Waals surface area contributed by atoms with Crippen molar-refractivity contribution in [2.45, 2.75) is 160 Å². The van der Waals surface area contributed by atoms with E-state index in [9.17, 15) is 34.8 Å². The molecule has 2 saturated carbocycles. The van der Waals surface area contributed by atoms with Crippen LogP contribution in [0.15, 0.2) is 23.8 Å². The van der Waals surface area contributed by atoms with E-state index < -0.39 is 107 Å². The Bertz CT molecular complexity index is 1430. The Labute approximate surface area is 299 Å². The number of carbonyl (C=O) groups excluding carboxylic acids is 3. The van der Waals surface area contributed by atoms with Gasteiger partial charge in [-0.3, -0.25) is 4.79 Å². The highest BCUT2D eigenvalue weighted by Gasteiger charge is 2.78. The third kappa shape index (κ3) is 6.52. The van der Waals surface area contributed by atoms with Gasteiger partial charge in [0.2, 0.25) is 0 Å². The first-order chi connectivity index (χ1) is 23.4. The van der Waals surface area contributed by atoms with Crippen molar-refractivity contribution < 1.29 is 63.2 Å². The SMILES string of the molecule is C=C[C@H]1OC2CC3OC[C@@]3(O)[C@H]3[C@H](O)C4(C(C)(C)O)C[C@H](OC(=O)[C@H](O)C(CC(C)C)NC(=O)OC(C)(C)C)C(C)=C4[C@H](OC(C)=O)[C@H](O1)C23C. The zero-order valence-electron chi connectivity index (χ0n) is 31.4. The van der Waals surface area contributed by atoms with Crippen LogP contribution in [0.4, 0.5) is 4.79 Å². The van der Waals surface area contributed by atoms with E-state index in [4.69, 9.17) is 28.4 Å². The van der Waals surface area contributed by atoms with Crippen LogP contribution in [-0.2, 0) is 38.0 Å². The Morgan fingerprint density at radius 3 is 2.27 bits per heavy atom. The Kier molecular flexibility index (Phi) is 10.4. The minimum absolute atomic E-state index is 0.0370. The average molecular weight is 724 g/mol. The topological polar surface area (TPSA) is 200 Å². The summed E-state index contributed by atoms with van der Waals surface area (Å²) >= 11 is 0. The molecular weight excluding hydrogens is 666 g/mol. The lowest BCUT2D eigenvalue weighted by molar-refractivity contribution is -0.392. The number of ether oxygens (including phenoxy) is 6. The number of nitrogens with one attached hydrogen (secondary N) is 1. The number of hydrogen-bond donors (Lipinski definition) is 5. The number of aliphatic hydroxyl groups is 4. The zero-order valence-corrected chi connectivity index (χ0v) is 31.4. The predicted molar refractivity (Wildman–Crippen MR) is 181 cm³/mol. The van der Waals surface area contributed by atoms with Crippen LogP contribution in [0.25, 0.3) is 0 Å². The third-order valence-corrected chi connectivity index (χ3v) is 11.8. The monoisotopic (exact) mass is 723 g/mol. The van der Waals surface area contributed by atoms with Crippen molar-refractivity contribution in [2.24, 2.45) is 22.7 Å². The molecule has 2 saturated heterocycles. The molecule has 2 aliphatic heterocycles. The number of amides is 1. The molecule has 0 spiro atoms. The lowest BCUT2D eigenvalue weighted by Crippen LogP contribution is -2.79. The van der Waals surface area contributed by atoms with Crippen molar-refractivity contribution in [3.8, 4) is 0 Å². The van der Waals surface area contributed by atoms with Gasteiger partial charge in [-0.15, -0.1) is 0 Å². The molecule has 5 rings (SSSR count). The Morgan fingerprint density at radius 1 is 1.12 bits per heavy atom. The summed E-state index contributed by atoms with van der Waals surface area (Å²) in [5.41, 5.74) is -6.36. The van der Waals surface area contributed by atoms with Gasteiger partial charge in [-0.1, -0.05) is 27.4 Å². The maximum Gasteiger partial charge on any atom is 0.407 e. The summed E-state index contributed by atoms with van der Waals surface area (Å²) in [5.74, 6) is -2.79. The largest absolute Gasteiger partial charge is 0.456 e. The normalized spacial score (nSPS) is 40.1. The lowest BCUT2D eigenvalue weighted by atomic mass is 9.49. The summed E-state index contributed by atoms with van der Waals surface area (Å²) in [4.78, 5) is 39.4. The lowest BCUT2D eigenvalue weighted by Gasteiger charge is -2.66. The van der Waals surface area contributed by atoms with E-state index in [1.165, 1.54) is 26.8 Å². The van der Waals surface area contributed by atoms with Crippen molar-refractivity contribution in [3.05, 3.63) is 23.8 Å². The van der Waals surface area contributed by atoms with Crippen LogP contribution in [0, 0.1) is 22.7 Å². The van der Waals surface area contributed by atoms with Gasteiger partial charge in [0.05, 0.1) is 42.0 Å². The van der Waals surface area contributed by atoms with Crippen molar-refractivity contribution >= 4 is 18.0 Å². The number of alkyl carbamates (subject to hydrolysis) is 1. The second kappa shape index (κ2) is 13.4. The van der Waals surface area contributed by atoms with Crippen LogP contribution < -0.4 is 5.32 Å². The molecule has 0 bridgehead atoms. The fourth-order valence-electron chi connectivity index (χ4n) is 9.54. The first-order valence-electron chi connectivity index (χ1n) is 17.9. The van der Waals surface area contributed by atoms with Gasteiger partial charge in [-0.05, 0) is 71.1 Å². The molecule has 5 N–H and O–H groups in total. The van der Waals surface area contributed by atoms with Gasteiger partial charge in [-0.25, -0.2) is 9.59 Å². The molecule has 0 aromatic carbocycles. The molecule has 0 radical (unpaired) electrons. The average Bonchev–Trinajstić information content (AvgIpc) is 3.25. The molecule has 5 aliphatic rings. The van der Waals surface area contributed by atoms with Crippen LogP contribution in [0.2, 0.25) is 0 Å². The van der Waals surface area contributed by atoms with Crippen LogP contribution in [0.3, 0.4) is 0 Å². The number of hydrogen-bond acceptors (Lipinski definition) is 13. The van der Waals surface area contributed by atoms with E-state index in [0.29, 0.717) is 11.1 Å². The maximum atomic E-state index is 13.8. The predicted octanol–water partition coefficient (Wildman–Crippen LogP) is 2.43. The van der Waals surface area contributed by atoms with Crippen molar-refractivity contribution in [3.63, 3.8) is 0 Å². The van der Waals surface area contributed by atoms with Crippen LogP contribution in [0.5, 0.6) is 0 Å². The van der Waals surface area contributed by atoms with Gasteiger partial charge < -0.3 is 54.2 Å². The first kappa shape index (κ1) is 39.6. The van der Waals surface area contributed by atoms with Gasteiger partial charge in [0.15, 0.2) is 18.5 Å². The van der Waals surface area contributed by atoms with Crippen molar-refractivity contribution in [2.75, 3.05) is 6.61 Å². The molecule has 14 nitrogen and oxygen atoms in total. The minimum atomic E-state index is -1.81. The summed E-state index contributed by atoms with van der Waals surface area (Å²) in [6.45, 7) is 20.3. The smallest absolute Gasteiger partial charge is 0.407 e. The van der Waals surface area contributed by atoms with Gasteiger partial charge in [-0.2, -0.15) is 0 Å². The number of esters is 2. The Hall–Kier alpha value is -2.59. The number of rotatable bonds is 9. The molecule has 13 atom stereocenters. The molecule has 51 heavy (non-hydrogen) atoms. The molecule has 1 amide bonds. The summed E-state index contributed by atoms with van der Waals surface area (Å²) in [6.07, 6.45) is -8.04. The highest BCUT2D eigenvalue weighted by Crippen LogP contribution is 2.68. The van der Waals surface area contributed by atoms with E-state index >= 15 is 0 Å². The third-order valence-electron chi connectivity index (χ3n) is 11.8. The van der Waals surface area contributed by atoms with E-state index in [1.807, 2.05) is 20.8 Å². The van der Waals surface area contributed by atoms with E-state index in [-0.39, 0.29) is 31.8 Å². The first-order valence-corrected chi connectivity index (χ1v) is 17.9. The standard InChI is InChI=1S/C37H57NO13/c1-12-24-49-22-14-23-37(45,16-46-23)28-29(41)36(34(9,10)44)15-21(18(4)25(36)27(47-19(5)39)30(50-24)35(22,28)11)48-31(42)26(40)20(13-17(2)3)38-32(43)51-33(6,7)8/h12,17,20-24,26-30,40-41,44-45H,1,13-16H2,2-11H3,(H,38,43)/t20?,21-,22?,23?,24-,26+,27-,28-,29-,30-,35?,36?,37-/m0/s1. The molecule has 4 fully saturated rings. The van der Waals surface area contributed by atoms with Crippen LogP contribution in [-0.4, -0.2) is 117 Å². The van der Waals surface area contributed by atoms with Gasteiger partial charge >= 0.3 is 18.0 Å². The summed E-state index contributed by atoms with van der Waals surface area (Å²) in [6, 6.07) is -1.06. The molecular formula is C37H57NO13.